The minimum Gasteiger partial charge on any atom is -0.481 e. The lowest BCUT2D eigenvalue weighted by atomic mass is 9.93. The minimum absolute atomic E-state index is 0.0638. The van der Waals surface area contributed by atoms with Gasteiger partial charge in [-0.3, -0.25) is 9.78 Å². The first-order chi connectivity index (χ1) is 16.4. The number of aliphatic carboxylic acids is 1. The highest BCUT2D eigenvalue weighted by molar-refractivity contribution is 7.22. The molecule has 1 aliphatic rings. The average molecular weight is 494 g/mol. The first-order valence-corrected chi connectivity index (χ1v) is 12.2. The van der Waals surface area contributed by atoms with Gasteiger partial charge in [0.15, 0.2) is 0 Å². The maximum absolute atomic E-state index is 11.7. The number of nitrogens with zero attached hydrogens (tertiary/aromatic N) is 5. The molecule has 0 radical (unpaired) electrons. The smallest absolute Gasteiger partial charge is 0.307 e. The molecule has 0 bridgehead atoms. The summed E-state index contributed by atoms with van der Waals surface area (Å²) in [5.41, 5.74) is 5.03. The number of likely N-dealkylation sites (N-methyl/N-ethyl adjacent to an activating group) is 1. The summed E-state index contributed by atoms with van der Waals surface area (Å²) in [6.45, 7) is 5.73. The summed E-state index contributed by atoms with van der Waals surface area (Å²) < 4.78 is 0.936. The minimum atomic E-state index is -0.867. The lowest BCUT2D eigenvalue weighted by Gasteiger charge is -2.33. The third-order valence-electron chi connectivity index (χ3n) is 6.14. The van der Waals surface area contributed by atoms with Gasteiger partial charge in [0, 0.05) is 36.8 Å². The molecule has 1 N–H and O–H groups in total. The monoisotopic (exact) mass is 493 g/mol. The molecular formula is C25H24ClN5O2S. The van der Waals surface area contributed by atoms with Crippen molar-refractivity contribution in [1.29, 1.82) is 0 Å². The van der Waals surface area contributed by atoms with Crippen LogP contribution in [0.15, 0.2) is 42.7 Å². The lowest BCUT2D eigenvalue weighted by Crippen LogP contribution is -2.44. The molecule has 1 saturated heterocycles. The zero-order valence-electron chi connectivity index (χ0n) is 19.0. The van der Waals surface area contributed by atoms with Gasteiger partial charge in [0.05, 0.1) is 29.0 Å². The second-order valence-electron chi connectivity index (χ2n) is 8.54. The van der Waals surface area contributed by atoms with Crippen molar-refractivity contribution in [1.82, 2.24) is 19.9 Å². The van der Waals surface area contributed by atoms with Gasteiger partial charge in [-0.1, -0.05) is 23.7 Å². The molecule has 0 saturated carbocycles. The molecule has 9 heteroatoms. The van der Waals surface area contributed by atoms with E-state index in [0.717, 1.165) is 75.2 Å². The zero-order chi connectivity index (χ0) is 23.8. The van der Waals surface area contributed by atoms with E-state index in [9.17, 15) is 9.90 Å². The highest BCUT2D eigenvalue weighted by Crippen LogP contribution is 2.40. The number of rotatable bonds is 5. The van der Waals surface area contributed by atoms with E-state index in [0.29, 0.717) is 5.02 Å². The number of aromatic nitrogens is 3. The molecule has 0 atom stereocenters. The molecule has 2 aromatic carbocycles. The van der Waals surface area contributed by atoms with Crippen molar-refractivity contribution < 1.29 is 9.90 Å². The summed E-state index contributed by atoms with van der Waals surface area (Å²) in [7, 11) is 2.12. The van der Waals surface area contributed by atoms with Crippen molar-refractivity contribution in [2.75, 3.05) is 38.1 Å². The number of hydrogen-bond donors (Lipinski definition) is 1. The van der Waals surface area contributed by atoms with Crippen LogP contribution >= 0.6 is 22.9 Å². The Morgan fingerprint density at radius 3 is 2.56 bits per heavy atom. The Labute approximate surface area is 206 Å². The quantitative estimate of drug-likeness (QED) is 0.429. The predicted molar refractivity (Wildman–Crippen MR) is 137 cm³/mol. The fraction of sp³-hybridized carbons (Fsp3) is 0.280. The maximum atomic E-state index is 11.7. The maximum Gasteiger partial charge on any atom is 0.307 e. The van der Waals surface area contributed by atoms with Crippen LogP contribution in [-0.2, 0) is 11.2 Å². The number of carbonyl (C=O) groups is 1. The second kappa shape index (κ2) is 9.29. The Bertz CT molecular complexity index is 1360. The van der Waals surface area contributed by atoms with Crippen LogP contribution in [0.3, 0.4) is 0 Å². The normalized spacial score (nSPS) is 14.6. The van der Waals surface area contributed by atoms with Gasteiger partial charge in [-0.25, -0.2) is 9.97 Å². The average Bonchev–Trinajstić information content (AvgIpc) is 3.24. The van der Waals surface area contributed by atoms with Crippen LogP contribution in [0.25, 0.3) is 32.0 Å². The summed E-state index contributed by atoms with van der Waals surface area (Å²) in [6.07, 6.45) is 3.48. The van der Waals surface area contributed by atoms with E-state index in [1.165, 1.54) is 11.3 Å². The van der Waals surface area contributed by atoms with Crippen molar-refractivity contribution in [3.63, 3.8) is 0 Å². The van der Waals surface area contributed by atoms with E-state index in [-0.39, 0.29) is 6.42 Å². The van der Waals surface area contributed by atoms with Crippen LogP contribution in [0.1, 0.15) is 11.1 Å². The molecule has 7 nitrogen and oxygen atoms in total. The number of halogens is 1. The van der Waals surface area contributed by atoms with Crippen molar-refractivity contribution >= 4 is 44.9 Å². The summed E-state index contributed by atoms with van der Waals surface area (Å²) >= 11 is 7.63. The number of piperazine rings is 1. The predicted octanol–water partition coefficient (Wildman–Crippen LogP) is 4.76. The number of aryl methyl sites for hydroxylation is 1. The summed E-state index contributed by atoms with van der Waals surface area (Å²) in [6, 6.07) is 9.46. The largest absolute Gasteiger partial charge is 0.481 e. The molecule has 1 fully saturated rings. The molecule has 0 aliphatic carbocycles. The Morgan fingerprint density at radius 2 is 1.85 bits per heavy atom. The second-order valence-corrected chi connectivity index (χ2v) is 9.98. The van der Waals surface area contributed by atoms with Crippen molar-refractivity contribution in [3.05, 3.63) is 58.9 Å². The Morgan fingerprint density at radius 1 is 1.12 bits per heavy atom. The summed E-state index contributed by atoms with van der Waals surface area (Å²) in [4.78, 5) is 30.4. The first-order valence-electron chi connectivity index (χ1n) is 11.1. The third kappa shape index (κ3) is 4.49. The molecule has 0 unspecified atom stereocenters. The van der Waals surface area contributed by atoms with Gasteiger partial charge in [-0.15, -0.1) is 11.3 Å². The van der Waals surface area contributed by atoms with Gasteiger partial charge in [0.1, 0.15) is 16.5 Å². The third-order valence-corrected chi connectivity index (χ3v) is 7.50. The van der Waals surface area contributed by atoms with Gasteiger partial charge < -0.3 is 14.9 Å². The van der Waals surface area contributed by atoms with E-state index in [1.54, 1.807) is 12.4 Å². The van der Waals surface area contributed by atoms with E-state index >= 15 is 0 Å². The van der Waals surface area contributed by atoms with Crippen LogP contribution in [0, 0.1) is 6.92 Å². The van der Waals surface area contributed by atoms with Gasteiger partial charge in [0.2, 0.25) is 0 Å². The SMILES string of the molecule is Cc1cc2nc(-c3cncc(N4CCN(C)CC4)n3)sc2c(-c2ccc(Cl)cc2)c1CC(=O)O. The highest BCUT2D eigenvalue weighted by atomic mass is 35.5. The number of hydrogen-bond acceptors (Lipinski definition) is 7. The van der Waals surface area contributed by atoms with Crippen LogP contribution in [0.5, 0.6) is 0 Å². The standard InChI is InChI=1S/C25H24ClN5O2S/c1-15-11-19-24(23(18(15)12-22(32)33)16-3-5-17(26)6-4-16)34-25(29-19)20-13-27-14-21(28-20)31-9-7-30(2)8-10-31/h3-6,11,13-14H,7-10,12H2,1-2H3,(H,32,33). The van der Waals surface area contributed by atoms with Gasteiger partial charge in [-0.05, 0) is 48.9 Å². The molecule has 174 valence electrons. The number of carboxylic acids is 1. The summed E-state index contributed by atoms with van der Waals surface area (Å²) in [5.74, 6) is -0.0151. The molecule has 1 aliphatic heterocycles. The van der Waals surface area contributed by atoms with Crippen LogP contribution in [0.2, 0.25) is 5.02 Å². The molecule has 4 aromatic rings. The highest BCUT2D eigenvalue weighted by Gasteiger charge is 2.21. The molecule has 0 amide bonds. The van der Waals surface area contributed by atoms with Crippen molar-refractivity contribution in [2.24, 2.45) is 0 Å². The van der Waals surface area contributed by atoms with E-state index in [2.05, 4.69) is 21.8 Å². The lowest BCUT2D eigenvalue weighted by molar-refractivity contribution is -0.136. The molecule has 3 heterocycles. The van der Waals surface area contributed by atoms with E-state index < -0.39 is 5.97 Å². The molecule has 34 heavy (non-hydrogen) atoms. The molecular weight excluding hydrogens is 470 g/mol. The van der Waals surface area contributed by atoms with E-state index in [4.69, 9.17) is 21.6 Å². The Kier molecular flexibility index (Phi) is 6.20. The zero-order valence-corrected chi connectivity index (χ0v) is 20.5. The fourth-order valence-electron chi connectivity index (χ4n) is 4.29. The first kappa shape index (κ1) is 22.7. The topological polar surface area (TPSA) is 82.5 Å². The number of benzene rings is 2. The van der Waals surface area contributed by atoms with Gasteiger partial charge in [-0.2, -0.15) is 0 Å². The van der Waals surface area contributed by atoms with Crippen LogP contribution < -0.4 is 4.90 Å². The van der Waals surface area contributed by atoms with Crippen molar-refractivity contribution in [3.8, 4) is 21.8 Å². The number of carboxylic acid groups (broad SMARTS) is 1. The van der Waals surface area contributed by atoms with E-state index in [1.807, 2.05) is 37.3 Å². The molecule has 5 rings (SSSR count). The Balaban J connectivity index is 1.62. The molecule has 0 spiro atoms. The number of fused-ring (bicyclic) bond motifs is 1. The number of thiazole rings is 1. The fourth-order valence-corrected chi connectivity index (χ4v) is 5.51. The van der Waals surface area contributed by atoms with Crippen molar-refractivity contribution in [2.45, 2.75) is 13.3 Å². The molecule has 2 aromatic heterocycles. The Hall–Kier alpha value is -3.07. The van der Waals surface area contributed by atoms with Gasteiger partial charge >= 0.3 is 5.97 Å². The number of anilines is 1. The van der Waals surface area contributed by atoms with Gasteiger partial charge in [0.25, 0.3) is 0 Å². The van der Waals surface area contributed by atoms with Crippen LogP contribution in [-0.4, -0.2) is 64.2 Å². The summed E-state index contributed by atoms with van der Waals surface area (Å²) in [5, 5.41) is 11.0. The van der Waals surface area contributed by atoms with Crippen LogP contribution in [0.4, 0.5) is 5.82 Å².